The van der Waals surface area contributed by atoms with Crippen LogP contribution in [0.2, 0.25) is 0 Å². The molecule has 404 valence electrons. The molecule has 5 N–H and O–H groups in total. The molecule has 1 aliphatic heterocycles. The Labute approximate surface area is 442 Å². The van der Waals surface area contributed by atoms with Crippen molar-refractivity contribution in [2.75, 3.05) is 101 Å². The molecule has 1 saturated heterocycles. The molecule has 2 fully saturated rings. The molecular weight excluding hydrogens is 975 g/mol. The van der Waals surface area contributed by atoms with E-state index < -0.39 is 17.5 Å². The molecular formula is C56H70F2N12O6. The molecule has 2 amide bonds. The van der Waals surface area contributed by atoms with E-state index in [4.69, 9.17) is 24.9 Å². The summed E-state index contributed by atoms with van der Waals surface area (Å²) >= 11 is 0. The molecule has 0 radical (unpaired) electrons. The van der Waals surface area contributed by atoms with Crippen LogP contribution in [0.4, 0.5) is 31.9 Å². The first-order valence-electron chi connectivity index (χ1n) is 26.2. The van der Waals surface area contributed by atoms with Crippen molar-refractivity contribution in [1.82, 2.24) is 39.3 Å². The van der Waals surface area contributed by atoms with E-state index in [0.717, 1.165) is 97.2 Å². The zero-order chi connectivity index (χ0) is 53.6. The second-order valence-electron chi connectivity index (χ2n) is 19.4. The molecule has 5 heterocycles. The average Bonchev–Trinajstić information content (AvgIpc) is 4.19. The second kappa shape index (κ2) is 26.6. The third kappa shape index (κ3) is 14.4. The molecule has 76 heavy (non-hydrogen) atoms. The average molecular weight is 1050 g/mol. The van der Waals surface area contributed by atoms with E-state index in [0.29, 0.717) is 64.0 Å². The van der Waals surface area contributed by atoms with Gasteiger partial charge in [0.1, 0.15) is 41.9 Å². The van der Waals surface area contributed by atoms with Gasteiger partial charge in [-0.1, -0.05) is 25.1 Å². The number of benzene rings is 2. The first-order chi connectivity index (χ1) is 36.9. The fraction of sp³-hybridized carbons (Fsp3) is 0.446. The Bertz CT molecular complexity index is 2950. The van der Waals surface area contributed by atoms with Gasteiger partial charge in [0.05, 0.1) is 44.7 Å². The van der Waals surface area contributed by atoms with Crippen molar-refractivity contribution in [3.63, 3.8) is 0 Å². The number of aryl methyl sites for hydroxylation is 1. The van der Waals surface area contributed by atoms with Crippen LogP contribution in [0.3, 0.4) is 0 Å². The first kappa shape index (κ1) is 55.1. The van der Waals surface area contributed by atoms with Crippen LogP contribution in [0.1, 0.15) is 89.7 Å². The number of nitrogens with one attached hydrogen (secondary N) is 2. The monoisotopic (exact) mass is 1040 g/mol. The number of aromatic nitrogens is 6. The molecule has 20 heteroatoms. The van der Waals surface area contributed by atoms with Gasteiger partial charge in [-0.15, -0.1) is 0 Å². The molecule has 2 aromatic carbocycles. The summed E-state index contributed by atoms with van der Waals surface area (Å²) in [6.07, 6.45) is 15.8. The SMILES string of the molecule is CCc1cnn2c(NCc3ccc(CCOCCOCCN(C)C/C=C/C(=O)N(C)CCOc4c(N)ncnc4-c4cc(F)cc(NC(=O)c5ccc(C6CC6)cc5F)c4C)nc3)cc(N3CCCC[C@H]3CCO)nc12. The molecule has 1 atom stereocenters. The number of amides is 2. The van der Waals surface area contributed by atoms with Gasteiger partial charge in [-0.05, 0) is 112 Å². The summed E-state index contributed by atoms with van der Waals surface area (Å²) in [5, 5.41) is 20.6. The van der Waals surface area contributed by atoms with Gasteiger partial charge in [-0.3, -0.25) is 14.6 Å². The van der Waals surface area contributed by atoms with E-state index in [1.165, 1.54) is 35.5 Å². The third-order valence-electron chi connectivity index (χ3n) is 13.9. The molecule has 8 rings (SSSR count). The molecule has 2 aliphatic rings. The number of halogens is 2. The predicted octanol–water partition coefficient (Wildman–Crippen LogP) is 7.40. The fourth-order valence-electron chi connectivity index (χ4n) is 9.19. The number of nitrogens with zero attached hydrogens (tertiary/aromatic N) is 9. The number of pyridine rings is 1. The summed E-state index contributed by atoms with van der Waals surface area (Å²) in [5.41, 5.74) is 11.9. The highest BCUT2D eigenvalue weighted by Crippen LogP contribution is 2.41. The topological polar surface area (TPSA) is 211 Å². The van der Waals surface area contributed by atoms with Gasteiger partial charge in [0, 0.05) is 93.1 Å². The van der Waals surface area contributed by atoms with Crippen LogP contribution in [0, 0.1) is 18.6 Å². The Morgan fingerprint density at radius 3 is 2.54 bits per heavy atom. The van der Waals surface area contributed by atoms with Crippen LogP contribution in [-0.4, -0.2) is 142 Å². The van der Waals surface area contributed by atoms with Gasteiger partial charge in [0.25, 0.3) is 5.91 Å². The number of hydrogen-bond acceptors (Lipinski definition) is 15. The lowest BCUT2D eigenvalue weighted by Gasteiger charge is -2.36. The number of rotatable bonds is 27. The number of ether oxygens (including phenoxy) is 3. The van der Waals surface area contributed by atoms with Crippen LogP contribution in [-0.2, 0) is 33.7 Å². The summed E-state index contributed by atoms with van der Waals surface area (Å²) in [4.78, 5) is 50.1. The lowest BCUT2D eigenvalue weighted by Crippen LogP contribution is -2.40. The number of nitrogen functional groups attached to an aromatic ring is 1. The van der Waals surface area contributed by atoms with Crippen molar-refractivity contribution in [1.29, 1.82) is 0 Å². The van der Waals surface area contributed by atoms with Crippen LogP contribution >= 0.6 is 0 Å². The van der Waals surface area contributed by atoms with Gasteiger partial charge in [-0.2, -0.15) is 9.61 Å². The maximum absolute atomic E-state index is 15.1. The smallest absolute Gasteiger partial charge is 0.258 e. The van der Waals surface area contributed by atoms with Crippen molar-refractivity contribution >= 4 is 40.6 Å². The minimum atomic E-state index is -0.714. The highest BCUT2D eigenvalue weighted by atomic mass is 19.1. The Morgan fingerprint density at radius 1 is 0.947 bits per heavy atom. The van der Waals surface area contributed by atoms with Gasteiger partial charge in [-0.25, -0.2) is 23.7 Å². The van der Waals surface area contributed by atoms with E-state index in [1.807, 2.05) is 34.9 Å². The van der Waals surface area contributed by atoms with Crippen LogP contribution in [0.15, 0.2) is 79.4 Å². The van der Waals surface area contributed by atoms with E-state index in [-0.39, 0.29) is 65.8 Å². The summed E-state index contributed by atoms with van der Waals surface area (Å²) in [7, 11) is 3.59. The molecule has 1 saturated carbocycles. The maximum Gasteiger partial charge on any atom is 0.258 e. The molecule has 0 bridgehead atoms. The van der Waals surface area contributed by atoms with Crippen molar-refractivity contribution in [2.45, 2.75) is 83.7 Å². The molecule has 0 unspecified atom stereocenters. The number of fused-ring (bicyclic) bond motifs is 1. The normalized spacial score (nSPS) is 14.7. The Kier molecular flexibility index (Phi) is 19.3. The quantitative estimate of drug-likeness (QED) is 0.0293. The van der Waals surface area contributed by atoms with Crippen LogP contribution < -0.4 is 26.0 Å². The number of hydrogen-bond donors (Lipinski definition) is 4. The minimum Gasteiger partial charge on any atom is -0.486 e. The minimum absolute atomic E-state index is 0.00676. The van der Waals surface area contributed by atoms with E-state index in [9.17, 15) is 19.1 Å². The third-order valence-corrected chi connectivity index (χ3v) is 13.9. The maximum atomic E-state index is 15.1. The largest absolute Gasteiger partial charge is 0.486 e. The Balaban J connectivity index is 0.707. The number of carbonyl (C=O) groups excluding carboxylic acids is 2. The molecule has 0 spiro atoms. The van der Waals surface area contributed by atoms with Gasteiger partial charge >= 0.3 is 0 Å². The number of nitrogens with two attached hydrogens (primary N) is 1. The van der Waals surface area contributed by atoms with Crippen molar-refractivity contribution in [3.8, 4) is 17.0 Å². The molecule has 18 nitrogen and oxygen atoms in total. The summed E-state index contributed by atoms with van der Waals surface area (Å²) in [6, 6.07) is 13.4. The van der Waals surface area contributed by atoms with Crippen molar-refractivity contribution in [2.24, 2.45) is 0 Å². The highest BCUT2D eigenvalue weighted by molar-refractivity contribution is 6.05. The van der Waals surface area contributed by atoms with Crippen LogP contribution in [0.5, 0.6) is 5.75 Å². The van der Waals surface area contributed by atoms with E-state index in [2.05, 4.69) is 54.6 Å². The Hall–Kier alpha value is -7.13. The number of carbonyl (C=O) groups is 2. The summed E-state index contributed by atoms with van der Waals surface area (Å²) in [5.74, 6) is -0.0505. The lowest BCUT2D eigenvalue weighted by atomic mass is 9.99. The molecule has 6 aromatic rings. The highest BCUT2D eigenvalue weighted by Gasteiger charge is 2.27. The lowest BCUT2D eigenvalue weighted by molar-refractivity contribution is -0.125. The zero-order valence-electron chi connectivity index (χ0n) is 43.9. The van der Waals surface area contributed by atoms with Crippen LogP contribution in [0.25, 0.3) is 16.9 Å². The van der Waals surface area contributed by atoms with E-state index in [1.54, 1.807) is 26.1 Å². The van der Waals surface area contributed by atoms with Crippen molar-refractivity contribution < 1.29 is 37.7 Å². The Morgan fingerprint density at radius 2 is 1.78 bits per heavy atom. The number of aliphatic hydroxyl groups excluding tert-OH is 1. The number of likely N-dealkylation sites (N-methyl/N-ethyl adjacent to an activating group) is 2. The number of aliphatic hydroxyl groups is 1. The molecule has 4 aromatic heterocycles. The van der Waals surface area contributed by atoms with Crippen molar-refractivity contribution in [3.05, 3.63) is 125 Å². The standard InChI is InChI=1S/C56H70F2N12O6/c1-5-39-35-64-70-49(32-50(66-55(39)70)69-20-7-6-9-44(69)17-23-71)61-34-38-11-15-43(60-33-38)18-24-74-27-28-75-25-21-67(3)19-8-10-51(72)68(4)22-26-76-53-52(62-36-63-54(53)59)46-30-42(57)31-48(37(46)2)65-56(73)45-16-14-41(29-47(45)58)40-12-13-40/h8,10-11,14-16,29-33,35-36,40,44,61,71H,5-7,9,12-13,17-28,34H2,1-4H3,(H,65,73)(H2,59,62,63)/b10-8+/t44-/m0/s1. The van der Waals surface area contributed by atoms with E-state index >= 15 is 4.39 Å². The first-order valence-corrected chi connectivity index (χ1v) is 26.2. The van der Waals surface area contributed by atoms with Gasteiger partial charge < -0.3 is 50.4 Å². The van der Waals surface area contributed by atoms with Gasteiger partial charge in [0.2, 0.25) is 5.91 Å². The number of piperidine rings is 1. The molecule has 1 aliphatic carbocycles. The predicted molar refractivity (Wildman–Crippen MR) is 289 cm³/mol. The zero-order valence-corrected chi connectivity index (χ0v) is 43.9. The second-order valence-corrected chi connectivity index (χ2v) is 19.4. The number of anilines is 4. The summed E-state index contributed by atoms with van der Waals surface area (Å²) < 4.78 is 49.5. The fourth-order valence-corrected chi connectivity index (χ4v) is 9.19. The van der Waals surface area contributed by atoms with Gasteiger partial charge in [0.15, 0.2) is 17.2 Å². The summed E-state index contributed by atoms with van der Waals surface area (Å²) in [6.45, 7) is 8.76.